The van der Waals surface area contributed by atoms with Gasteiger partial charge in [-0.25, -0.2) is 15.4 Å². The van der Waals surface area contributed by atoms with Crippen LogP contribution in [0.2, 0.25) is 0 Å². The first-order valence-corrected chi connectivity index (χ1v) is 10.2. The predicted molar refractivity (Wildman–Crippen MR) is 125 cm³/mol. The van der Waals surface area contributed by atoms with Gasteiger partial charge in [0.1, 0.15) is 5.75 Å². The maximum atomic E-state index is 10.3. The first-order chi connectivity index (χ1) is 14.6. The predicted octanol–water partition coefficient (Wildman–Crippen LogP) is 6.11. The molecule has 3 aromatic carbocycles. The number of hydrogen-bond donors (Lipinski definition) is 2. The third-order valence-electron chi connectivity index (χ3n) is 4.56. The van der Waals surface area contributed by atoms with Crippen LogP contribution in [0.5, 0.6) is 5.75 Å². The Labute approximate surface area is 183 Å². The summed E-state index contributed by atoms with van der Waals surface area (Å²) in [5, 5.41) is 14.7. The summed E-state index contributed by atoms with van der Waals surface area (Å²) in [6, 6.07) is 26.7. The minimum Gasteiger partial charge on any atom is -0.507 e. The molecule has 0 aliphatic heterocycles. The van der Waals surface area contributed by atoms with E-state index >= 15 is 0 Å². The van der Waals surface area contributed by atoms with Gasteiger partial charge in [0, 0.05) is 15.6 Å². The van der Waals surface area contributed by atoms with Crippen molar-refractivity contribution >= 4 is 27.6 Å². The third-order valence-corrected chi connectivity index (χ3v) is 5.09. The zero-order valence-electron chi connectivity index (χ0n) is 16.2. The van der Waals surface area contributed by atoms with Crippen LogP contribution in [0.3, 0.4) is 0 Å². The number of benzene rings is 3. The van der Waals surface area contributed by atoms with Crippen molar-refractivity contribution < 1.29 is 5.11 Å². The Bertz CT molecular complexity index is 1190. The van der Waals surface area contributed by atoms with Crippen LogP contribution in [0.25, 0.3) is 22.5 Å². The average Bonchev–Trinajstić information content (AvgIpc) is 2.78. The number of phenolic OH excluding ortho intramolecular Hbond substituents is 1. The minimum absolute atomic E-state index is 0.160. The molecule has 0 amide bonds. The smallest absolute Gasteiger partial charge is 0.244 e. The Morgan fingerprint density at radius 3 is 2.27 bits per heavy atom. The van der Waals surface area contributed by atoms with Gasteiger partial charge < -0.3 is 5.11 Å². The van der Waals surface area contributed by atoms with Crippen molar-refractivity contribution in [3.8, 4) is 28.3 Å². The molecule has 2 N–H and O–H groups in total. The lowest BCUT2D eigenvalue weighted by atomic mass is 10.1. The van der Waals surface area contributed by atoms with Crippen molar-refractivity contribution in [3.05, 3.63) is 95.0 Å². The molecule has 0 bridgehead atoms. The van der Waals surface area contributed by atoms with Crippen LogP contribution < -0.4 is 5.43 Å². The van der Waals surface area contributed by atoms with Crippen molar-refractivity contribution in [2.75, 3.05) is 5.43 Å². The van der Waals surface area contributed by atoms with E-state index < -0.39 is 0 Å². The molecule has 0 unspecified atom stereocenters. The highest BCUT2D eigenvalue weighted by Gasteiger charge is 2.11. The van der Waals surface area contributed by atoms with Gasteiger partial charge in [0.2, 0.25) is 5.95 Å². The first-order valence-electron chi connectivity index (χ1n) is 9.39. The molecular formula is C24H19BrN4O. The van der Waals surface area contributed by atoms with Gasteiger partial charge in [-0.3, -0.25) is 0 Å². The summed E-state index contributed by atoms with van der Waals surface area (Å²) in [4.78, 5) is 9.20. The summed E-state index contributed by atoms with van der Waals surface area (Å²) < 4.78 is 0.989. The van der Waals surface area contributed by atoms with E-state index in [1.165, 1.54) is 0 Å². The molecule has 0 saturated carbocycles. The van der Waals surface area contributed by atoms with Crippen molar-refractivity contribution in [3.63, 3.8) is 0 Å². The van der Waals surface area contributed by atoms with Crippen LogP contribution in [0.15, 0.2) is 94.5 Å². The molecule has 30 heavy (non-hydrogen) atoms. The largest absolute Gasteiger partial charge is 0.507 e. The van der Waals surface area contributed by atoms with Gasteiger partial charge in [-0.05, 0) is 42.8 Å². The van der Waals surface area contributed by atoms with Crippen molar-refractivity contribution in [2.24, 2.45) is 5.10 Å². The van der Waals surface area contributed by atoms with E-state index in [4.69, 9.17) is 0 Å². The molecule has 0 aliphatic rings. The number of hydrogen-bond acceptors (Lipinski definition) is 5. The molecular weight excluding hydrogens is 440 g/mol. The standard InChI is InChI=1S/C24H19BrN4O/c1-16(17-7-3-2-4-8-17)28-29-24-26-21(18-11-13-19(25)14-12-18)15-22(27-24)20-9-5-6-10-23(20)30/h2-15,30H,1H3,(H,26,27,29)/b28-16+. The van der Waals surface area contributed by atoms with E-state index in [-0.39, 0.29) is 5.75 Å². The van der Waals surface area contributed by atoms with Crippen LogP contribution in [-0.2, 0) is 0 Å². The fourth-order valence-corrected chi connectivity index (χ4v) is 3.24. The van der Waals surface area contributed by atoms with Crippen molar-refractivity contribution in [2.45, 2.75) is 6.92 Å². The number of para-hydroxylation sites is 1. The summed E-state index contributed by atoms with van der Waals surface area (Å²) in [7, 11) is 0. The third kappa shape index (κ3) is 4.55. The molecule has 0 aliphatic carbocycles. The summed E-state index contributed by atoms with van der Waals surface area (Å²) >= 11 is 3.46. The second-order valence-corrected chi connectivity index (χ2v) is 7.58. The number of halogens is 1. The lowest BCUT2D eigenvalue weighted by Gasteiger charge is -2.10. The number of phenols is 1. The number of nitrogens with one attached hydrogen (secondary N) is 1. The van der Waals surface area contributed by atoms with Gasteiger partial charge in [-0.1, -0.05) is 70.5 Å². The topological polar surface area (TPSA) is 70.4 Å². The molecule has 0 fully saturated rings. The summed E-state index contributed by atoms with van der Waals surface area (Å²) in [6.45, 7) is 1.92. The lowest BCUT2D eigenvalue weighted by molar-refractivity contribution is 0.477. The van der Waals surface area contributed by atoms with Crippen LogP contribution in [0.4, 0.5) is 5.95 Å². The van der Waals surface area contributed by atoms with Gasteiger partial charge in [0.15, 0.2) is 0 Å². The Hall–Kier alpha value is -3.51. The number of rotatable bonds is 5. The highest BCUT2D eigenvalue weighted by atomic mass is 79.9. The van der Waals surface area contributed by atoms with Gasteiger partial charge in [0.25, 0.3) is 0 Å². The van der Waals surface area contributed by atoms with Crippen LogP contribution in [0.1, 0.15) is 12.5 Å². The van der Waals surface area contributed by atoms with E-state index in [2.05, 4.69) is 36.4 Å². The van der Waals surface area contributed by atoms with Gasteiger partial charge in [-0.15, -0.1) is 0 Å². The van der Waals surface area contributed by atoms with Crippen LogP contribution in [-0.4, -0.2) is 20.8 Å². The molecule has 0 atom stereocenters. The molecule has 6 heteroatoms. The molecule has 0 radical (unpaired) electrons. The summed E-state index contributed by atoms with van der Waals surface area (Å²) in [5.41, 5.74) is 7.69. The van der Waals surface area contributed by atoms with E-state index in [9.17, 15) is 5.11 Å². The number of nitrogens with zero attached hydrogens (tertiary/aromatic N) is 3. The number of aromatic nitrogens is 2. The van der Waals surface area contributed by atoms with E-state index in [1.807, 2.05) is 79.7 Å². The molecule has 0 spiro atoms. The van der Waals surface area contributed by atoms with Gasteiger partial charge in [0.05, 0.1) is 17.1 Å². The molecule has 5 nitrogen and oxygen atoms in total. The second kappa shape index (κ2) is 8.88. The average molecular weight is 459 g/mol. The molecule has 1 aromatic heterocycles. The molecule has 1 heterocycles. The van der Waals surface area contributed by atoms with E-state index in [1.54, 1.807) is 12.1 Å². The summed E-state index contributed by atoms with van der Waals surface area (Å²) in [6.07, 6.45) is 0. The Morgan fingerprint density at radius 1 is 0.867 bits per heavy atom. The fourth-order valence-electron chi connectivity index (χ4n) is 2.97. The number of hydrazone groups is 1. The quantitative estimate of drug-likeness (QED) is 0.279. The monoisotopic (exact) mass is 458 g/mol. The number of anilines is 1. The minimum atomic E-state index is 0.160. The SMILES string of the molecule is C/C(=N\Nc1nc(-c2ccc(Br)cc2)cc(-c2ccccc2O)n1)c1ccccc1. The van der Waals surface area contributed by atoms with Crippen molar-refractivity contribution in [1.82, 2.24) is 9.97 Å². The van der Waals surface area contributed by atoms with E-state index in [0.29, 0.717) is 17.2 Å². The maximum absolute atomic E-state index is 10.3. The first kappa shape index (κ1) is 19.8. The van der Waals surface area contributed by atoms with Crippen LogP contribution in [0, 0.1) is 0 Å². The molecule has 4 aromatic rings. The van der Waals surface area contributed by atoms with Gasteiger partial charge in [-0.2, -0.15) is 5.10 Å². The Kier molecular flexibility index (Phi) is 5.86. The molecule has 0 saturated heterocycles. The van der Waals surface area contributed by atoms with E-state index in [0.717, 1.165) is 27.0 Å². The van der Waals surface area contributed by atoms with Gasteiger partial charge >= 0.3 is 0 Å². The number of aromatic hydroxyl groups is 1. The summed E-state index contributed by atoms with van der Waals surface area (Å²) in [5.74, 6) is 0.511. The lowest BCUT2D eigenvalue weighted by Crippen LogP contribution is -2.04. The molecule has 148 valence electrons. The molecule has 4 rings (SSSR count). The highest BCUT2D eigenvalue weighted by molar-refractivity contribution is 9.10. The normalized spacial score (nSPS) is 11.3. The van der Waals surface area contributed by atoms with Crippen LogP contribution >= 0.6 is 15.9 Å². The second-order valence-electron chi connectivity index (χ2n) is 6.66. The zero-order valence-corrected chi connectivity index (χ0v) is 17.8. The van der Waals surface area contributed by atoms with Crippen molar-refractivity contribution in [1.29, 1.82) is 0 Å². The highest BCUT2D eigenvalue weighted by Crippen LogP contribution is 2.31. The zero-order chi connectivity index (χ0) is 20.9. The maximum Gasteiger partial charge on any atom is 0.244 e. The Balaban J connectivity index is 1.75. The Morgan fingerprint density at radius 2 is 1.53 bits per heavy atom. The fraction of sp³-hybridized carbons (Fsp3) is 0.0417.